The van der Waals surface area contributed by atoms with Crippen molar-refractivity contribution in [1.29, 1.82) is 0 Å². The van der Waals surface area contributed by atoms with Gasteiger partial charge in [-0.3, -0.25) is 0 Å². The normalized spacial score (nSPS) is 15.0. The Balaban J connectivity index is 1.66. The molecule has 1 N–H and O–H groups in total. The lowest BCUT2D eigenvalue weighted by molar-refractivity contribution is 0.701. The van der Waals surface area contributed by atoms with E-state index in [1.807, 2.05) is 19.3 Å². The molecule has 0 bridgehead atoms. The van der Waals surface area contributed by atoms with Crippen molar-refractivity contribution in [1.82, 2.24) is 15.3 Å². The van der Waals surface area contributed by atoms with Crippen LogP contribution in [0.1, 0.15) is 54.8 Å². The third-order valence-electron chi connectivity index (χ3n) is 4.67. The van der Waals surface area contributed by atoms with Gasteiger partial charge >= 0.3 is 0 Å². The van der Waals surface area contributed by atoms with E-state index in [4.69, 9.17) is 0 Å². The van der Waals surface area contributed by atoms with Gasteiger partial charge in [-0.1, -0.05) is 31.7 Å². The van der Waals surface area contributed by atoms with E-state index in [0.717, 1.165) is 33.8 Å². The predicted octanol–water partition coefficient (Wildman–Crippen LogP) is 4.63. The maximum Gasteiger partial charge on any atom is 0.134 e. The van der Waals surface area contributed by atoms with Gasteiger partial charge in [0.2, 0.25) is 0 Å². The quantitative estimate of drug-likeness (QED) is 0.843. The molecule has 0 unspecified atom stereocenters. The van der Waals surface area contributed by atoms with Crippen LogP contribution in [0, 0.1) is 6.92 Å². The second-order valence-corrected chi connectivity index (χ2v) is 7.18. The van der Waals surface area contributed by atoms with Crippen molar-refractivity contribution in [3.63, 3.8) is 0 Å². The number of hydrogen-bond donors (Lipinski definition) is 1. The highest BCUT2D eigenvalue weighted by molar-refractivity contribution is 5.70. The molecule has 0 radical (unpaired) electrons. The first kappa shape index (κ1) is 16.4. The first-order valence-electron chi connectivity index (χ1n) is 8.39. The summed E-state index contributed by atoms with van der Waals surface area (Å²) in [6, 6.07) is 6.40. The van der Waals surface area contributed by atoms with Crippen LogP contribution in [0.25, 0.3) is 11.3 Å². The standard InChI is InChI=1S/C21H25N3/c1-14(2)18-8-15(3)9-19(10-18)16(4)22-11-17-12-23-20(24-13-17)21(5)6-7-21/h8-10,12-13,22H,1,4,6-7,11H2,2-3,5H3. The van der Waals surface area contributed by atoms with Gasteiger partial charge in [-0.2, -0.15) is 0 Å². The molecule has 3 nitrogen and oxygen atoms in total. The number of nitrogens with zero attached hydrogens (tertiary/aromatic N) is 2. The molecule has 0 aliphatic heterocycles. The second-order valence-electron chi connectivity index (χ2n) is 7.18. The van der Waals surface area contributed by atoms with Gasteiger partial charge in [-0.25, -0.2) is 9.97 Å². The second kappa shape index (κ2) is 6.23. The van der Waals surface area contributed by atoms with E-state index in [0.29, 0.717) is 6.54 Å². The summed E-state index contributed by atoms with van der Waals surface area (Å²) >= 11 is 0. The highest BCUT2D eigenvalue weighted by atomic mass is 14.9. The van der Waals surface area contributed by atoms with Crippen molar-refractivity contribution < 1.29 is 0 Å². The van der Waals surface area contributed by atoms with E-state index in [-0.39, 0.29) is 5.41 Å². The topological polar surface area (TPSA) is 37.8 Å². The summed E-state index contributed by atoms with van der Waals surface area (Å²) in [5.74, 6) is 0.967. The van der Waals surface area contributed by atoms with E-state index in [1.54, 1.807) is 0 Å². The molecule has 2 aromatic rings. The van der Waals surface area contributed by atoms with E-state index in [1.165, 1.54) is 18.4 Å². The zero-order chi connectivity index (χ0) is 17.3. The van der Waals surface area contributed by atoms with Crippen LogP contribution in [-0.4, -0.2) is 9.97 Å². The number of hydrogen-bond acceptors (Lipinski definition) is 3. The van der Waals surface area contributed by atoms with Crippen molar-refractivity contribution in [3.05, 3.63) is 71.8 Å². The zero-order valence-corrected chi connectivity index (χ0v) is 14.8. The Labute approximate surface area is 144 Å². The predicted molar refractivity (Wildman–Crippen MR) is 100 cm³/mol. The average molecular weight is 319 g/mol. The van der Waals surface area contributed by atoms with Crippen LogP contribution >= 0.6 is 0 Å². The van der Waals surface area contributed by atoms with Gasteiger partial charge in [-0.15, -0.1) is 0 Å². The first-order valence-corrected chi connectivity index (χ1v) is 8.39. The molecule has 1 aliphatic carbocycles. The summed E-state index contributed by atoms with van der Waals surface area (Å²) < 4.78 is 0. The lowest BCUT2D eigenvalue weighted by atomic mass is 10.0. The Kier molecular flexibility index (Phi) is 4.27. The Morgan fingerprint density at radius 3 is 2.33 bits per heavy atom. The lowest BCUT2D eigenvalue weighted by Crippen LogP contribution is -2.13. The summed E-state index contributed by atoms with van der Waals surface area (Å²) in [5.41, 5.74) is 6.70. The highest BCUT2D eigenvalue weighted by Gasteiger charge is 2.41. The van der Waals surface area contributed by atoms with Gasteiger partial charge in [0.25, 0.3) is 0 Å². The SMILES string of the molecule is C=C(C)c1cc(C)cc(C(=C)NCc2cnc(C3(C)CC3)nc2)c1. The number of allylic oxidation sites excluding steroid dienone is 1. The molecule has 3 heteroatoms. The molecule has 1 fully saturated rings. The van der Waals surface area contributed by atoms with E-state index < -0.39 is 0 Å². The van der Waals surface area contributed by atoms with Gasteiger partial charge < -0.3 is 5.32 Å². The molecule has 24 heavy (non-hydrogen) atoms. The minimum atomic E-state index is 0.218. The molecule has 1 aromatic heterocycles. The molecule has 0 atom stereocenters. The third-order valence-corrected chi connectivity index (χ3v) is 4.67. The first-order chi connectivity index (χ1) is 11.4. The molecule has 0 saturated heterocycles. The van der Waals surface area contributed by atoms with Crippen LogP contribution in [0.3, 0.4) is 0 Å². The molecular weight excluding hydrogens is 294 g/mol. The summed E-state index contributed by atoms with van der Waals surface area (Å²) in [6.07, 6.45) is 6.23. The van der Waals surface area contributed by atoms with E-state index in [2.05, 4.69) is 60.5 Å². The monoisotopic (exact) mass is 319 g/mol. The van der Waals surface area contributed by atoms with Crippen molar-refractivity contribution in [2.75, 3.05) is 0 Å². The number of nitrogens with one attached hydrogen (secondary N) is 1. The average Bonchev–Trinajstić information content (AvgIpc) is 3.31. The van der Waals surface area contributed by atoms with Crippen molar-refractivity contribution in [3.8, 4) is 0 Å². The fraction of sp³-hybridized carbons (Fsp3) is 0.333. The van der Waals surface area contributed by atoms with E-state index >= 15 is 0 Å². The lowest BCUT2D eigenvalue weighted by Gasteiger charge is -2.13. The number of aryl methyl sites for hydroxylation is 1. The number of rotatable bonds is 6. The van der Waals surface area contributed by atoms with Gasteiger partial charge in [0.15, 0.2) is 0 Å². The van der Waals surface area contributed by atoms with Gasteiger partial charge in [0.1, 0.15) is 5.82 Å². The Morgan fingerprint density at radius 2 is 1.75 bits per heavy atom. The smallest absolute Gasteiger partial charge is 0.134 e. The zero-order valence-electron chi connectivity index (χ0n) is 14.8. The van der Waals surface area contributed by atoms with Gasteiger partial charge in [-0.05, 0) is 55.5 Å². The van der Waals surface area contributed by atoms with Crippen LogP contribution in [0.5, 0.6) is 0 Å². The van der Waals surface area contributed by atoms with E-state index in [9.17, 15) is 0 Å². The van der Waals surface area contributed by atoms with Crippen LogP contribution in [0.4, 0.5) is 0 Å². The van der Waals surface area contributed by atoms with Crippen LogP contribution in [0.2, 0.25) is 0 Å². The summed E-state index contributed by atoms with van der Waals surface area (Å²) in [7, 11) is 0. The highest BCUT2D eigenvalue weighted by Crippen LogP contribution is 2.45. The largest absolute Gasteiger partial charge is 0.381 e. The minimum Gasteiger partial charge on any atom is -0.381 e. The summed E-state index contributed by atoms with van der Waals surface area (Å²) in [6.45, 7) is 15.2. The van der Waals surface area contributed by atoms with Crippen LogP contribution < -0.4 is 5.32 Å². The van der Waals surface area contributed by atoms with Gasteiger partial charge in [0.05, 0.1) is 0 Å². The minimum absolute atomic E-state index is 0.218. The Hall–Kier alpha value is -2.42. The van der Waals surface area contributed by atoms with Crippen LogP contribution in [0.15, 0.2) is 43.8 Å². The Morgan fingerprint density at radius 1 is 1.12 bits per heavy atom. The molecular formula is C21H25N3. The van der Waals surface area contributed by atoms with Gasteiger partial charge in [0, 0.05) is 35.6 Å². The van der Waals surface area contributed by atoms with Crippen molar-refractivity contribution >= 4 is 11.3 Å². The maximum atomic E-state index is 4.52. The molecule has 0 spiro atoms. The molecule has 3 rings (SSSR count). The fourth-order valence-corrected chi connectivity index (χ4v) is 2.68. The fourth-order valence-electron chi connectivity index (χ4n) is 2.68. The summed E-state index contributed by atoms with van der Waals surface area (Å²) in [5, 5.41) is 3.38. The van der Waals surface area contributed by atoms with Crippen molar-refractivity contribution in [2.45, 2.75) is 45.6 Å². The maximum absolute atomic E-state index is 4.52. The number of aromatic nitrogens is 2. The molecule has 1 aliphatic rings. The Bertz CT molecular complexity index is 783. The molecule has 1 aromatic carbocycles. The summed E-state index contributed by atoms with van der Waals surface area (Å²) in [4.78, 5) is 9.04. The van der Waals surface area contributed by atoms with Crippen LogP contribution in [-0.2, 0) is 12.0 Å². The molecule has 0 amide bonds. The number of benzene rings is 1. The molecule has 1 saturated carbocycles. The molecule has 1 heterocycles. The van der Waals surface area contributed by atoms with Crippen molar-refractivity contribution in [2.24, 2.45) is 0 Å². The molecule has 124 valence electrons. The third kappa shape index (κ3) is 3.56.